The Hall–Kier alpha value is -1.98. The zero-order valence-electron chi connectivity index (χ0n) is 9.28. The fourth-order valence-electron chi connectivity index (χ4n) is 1.65. The summed E-state index contributed by atoms with van der Waals surface area (Å²) in [5.74, 6) is -0.942. The topological polar surface area (TPSA) is 97.3 Å². The Morgan fingerprint density at radius 1 is 1.50 bits per heavy atom. The lowest BCUT2D eigenvalue weighted by Gasteiger charge is -2.09. The minimum atomic E-state index is -0.942. The first-order valence-electron chi connectivity index (χ1n) is 4.86. The number of carbonyl (C=O) groups excluding carboxylic acids is 1. The highest BCUT2D eigenvalue weighted by Gasteiger charge is 2.13. The van der Waals surface area contributed by atoms with Gasteiger partial charge in [-0.3, -0.25) is 0 Å². The number of aromatic carboxylic acids is 1. The summed E-state index contributed by atoms with van der Waals surface area (Å²) < 4.78 is 1.83. The van der Waals surface area contributed by atoms with Gasteiger partial charge in [-0.05, 0) is 19.9 Å². The van der Waals surface area contributed by atoms with Crippen LogP contribution in [0.3, 0.4) is 0 Å². The molecule has 6 nitrogen and oxygen atoms in total. The van der Waals surface area contributed by atoms with Crippen LogP contribution < -0.4 is 11.1 Å². The first-order valence-corrected chi connectivity index (χ1v) is 4.86. The zero-order chi connectivity index (χ0) is 12.3. The van der Waals surface area contributed by atoms with E-state index in [9.17, 15) is 9.59 Å². The molecule has 0 saturated carbocycles. The summed E-state index contributed by atoms with van der Waals surface area (Å²) in [5.41, 5.74) is 6.75. The second-order valence-corrected chi connectivity index (χ2v) is 3.53. The van der Waals surface area contributed by atoms with Crippen LogP contribution >= 0.6 is 0 Å². The Morgan fingerprint density at radius 3 is 2.56 bits per heavy atom. The molecule has 1 aromatic heterocycles. The van der Waals surface area contributed by atoms with Crippen molar-refractivity contribution in [3.63, 3.8) is 0 Å². The standard InChI is InChI=1S/C10H15N3O3/c1-6-5-8(9(14)15)7(2)13(6)4-3-12-10(11)16/h5H,3-4H2,1-2H3,(H,14,15)(H3,11,12,16). The molecule has 2 amide bonds. The molecular formula is C10H15N3O3. The molecule has 0 aliphatic heterocycles. The molecular weight excluding hydrogens is 210 g/mol. The van der Waals surface area contributed by atoms with Crippen LogP contribution in [0.4, 0.5) is 4.79 Å². The number of nitrogens with two attached hydrogens (primary N) is 1. The maximum atomic E-state index is 10.9. The average molecular weight is 225 g/mol. The minimum absolute atomic E-state index is 0.288. The number of aromatic nitrogens is 1. The number of amides is 2. The summed E-state index contributed by atoms with van der Waals surface area (Å²) in [5, 5.41) is 11.4. The Bertz CT molecular complexity index is 423. The van der Waals surface area contributed by atoms with Crippen molar-refractivity contribution in [2.24, 2.45) is 5.73 Å². The van der Waals surface area contributed by atoms with Gasteiger partial charge in [0.1, 0.15) is 0 Å². The van der Waals surface area contributed by atoms with Crippen molar-refractivity contribution in [1.29, 1.82) is 0 Å². The summed E-state index contributed by atoms with van der Waals surface area (Å²) in [4.78, 5) is 21.3. The fraction of sp³-hybridized carbons (Fsp3) is 0.400. The number of carboxylic acid groups (broad SMARTS) is 1. The molecule has 0 bridgehead atoms. The molecule has 1 heterocycles. The lowest BCUT2D eigenvalue weighted by atomic mass is 10.2. The second kappa shape index (κ2) is 4.69. The number of aryl methyl sites for hydroxylation is 1. The Kier molecular flexibility index (Phi) is 3.55. The number of hydrogen-bond acceptors (Lipinski definition) is 2. The van der Waals surface area contributed by atoms with Gasteiger partial charge in [-0.1, -0.05) is 0 Å². The van der Waals surface area contributed by atoms with E-state index in [2.05, 4.69) is 5.32 Å². The molecule has 4 N–H and O–H groups in total. The van der Waals surface area contributed by atoms with E-state index < -0.39 is 12.0 Å². The first-order chi connectivity index (χ1) is 7.43. The molecule has 0 saturated heterocycles. The van der Waals surface area contributed by atoms with Gasteiger partial charge in [-0.15, -0.1) is 0 Å². The molecule has 0 aliphatic rings. The van der Waals surface area contributed by atoms with E-state index in [1.165, 1.54) is 0 Å². The summed E-state index contributed by atoms with van der Waals surface area (Å²) in [7, 11) is 0. The van der Waals surface area contributed by atoms with Gasteiger partial charge in [-0.2, -0.15) is 0 Å². The monoisotopic (exact) mass is 225 g/mol. The quantitative estimate of drug-likeness (QED) is 0.694. The predicted molar refractivity (Wildman–Crippen MR) is 58.5 cm³/mol. The van der Waals surface area contributed by atoms with Crippen molar-refractivity contribution in [1.82, 2.24) is 9.88 Å². The highest BCUT2D eigenvalue weighted by atomic mass is 16.4. The van der Waals surface area contributed by atoms with Crippen LogP contribution in [0.25, 0.3) is 0 Å². The minimum Gasteiger partial charge on any atom is -0.478 e. The van der Waals surface area contributed by atoms with Crippen LogP contribution in [-0.4, -0.2) is 28.2 Å². The number of nitrogens with zero attached hydrogens (tertiary/aromatic N) is 1. The van der Waals surface area contributed by atoms with Crippen LogP contribution in [0.5, 0.6) is 0 Å². The van der Waals surface area contributed by atoms with Gasteiger partial charge < -0.3 is 20.7 Å². The van der Waals surface area contributed by atoms with Crippen molar-refractivity contribution >= 4 is 12.0 Å². The van der Waals surface area contributed by atoms with Gasteiger partial charge >= 0.3 is 12.0 Å². The number of hydrogen-bond donors (Lipinski definition) is 3. The van der Waals surface area contributed by atoms with Gasteiger partial charge in [0.2, 0.25) is 0 Å². The average Bonchev–Trinajstić information content (AvgIpc) is 2.44. The largest absolute Gasteiger partial charge is 0.478 e. The molecule has 6 heteroatoms. The SMILES string of the molecule is Cc1cc(C(=O)O)c(C)n1CCNC(N)=O. The van der Waals surface area contributed by atoms with Crippen LogP contribution in [0.1, 0.15) is 21.7 Å². The van der Waals surface area contributed by atoms with Crippen molar-refractivity contribution in [2.45, 2.75) is 20.4 Å². The third-order valence-electron chi connectivity index (χ3n) is 2.44. The molecule has 1 rings (SSSR count). The van der Waals surface area contributed by atoms with Crippen LogP contribution in [0, 0.1) is 13.8 Å². The first kappa shape index (κ1) is 12.1. The lowest BCUT2D eigenvalue weighted by molar-refractivity contribution is 0.0696. The maximum absolute atomic E-state index is 10.9. The third kappa shape index (κ3) is 2.53. The zero-order valence-corrected chi connectivity index (χ0v) is 9.28. The molecule has 0 aliphatic carbocycles. The van der Waals surface area contributed by atoms with Crippen LogP contribution in [0.15, 0.2) is 6.07 Å². The lowest BCUT2D eigenvalue weighted by Crippen LogP contribution is -2.32. The second-order valence-electron chi connectivity index (χ2n) is 3.53. The van der Waals surface area contributed by atoms with Gasteiger partial charge in [0.15, 0.2) is 0 Å². The van der Waals surface area contributed by atoms with Crippen molar-refractivity contribution in [3.8, 4) is 0 Å². The normalized spacial score (nSPS) is 10.1. The number of carboxylic acids is 1. The summed E-state index contributed by atoms with van der Waals surface area (Å²) >= 11 is 0. The Labute approximate surface area is 93.0 Å². The molecule has 0 atom stereocenters. The van der Waals surface area contributed by atoms with Crippen molar-refractivity contribution in [2.75, 3.05) is 6.54 Å². The van der Waals surface area contributed by atoms with Crippen LogP contribution in [-0.2, 0) is 6.54 Å². The number of nitrogens with one attached hydrogen (secondary N) is 1. The molecule has 88 valence electrons. The number of carbonyl (C=O) groups is 2. The molecule has 0 unspecified atom stereocenters. The van der Waals surface area contributed by atoms with E-state index in [-0.39, 0.29) is 5.56 Å². The molecule has 0 aromatic carbocycles. The third-order valence-corrected chi connectivity index (χ3v) is 2.44. The molecule has 0 spiro atoms. The number of primary amides is 1. The van der Waals surface area contributed by atoms with Gasteiger partial charge in [0.05, 0.1) is 5.56 Å². The fourth-order valence-corrected chi connectivity index (χ4v) is 1.65. The Morgan fingerprint density at radius 2 is 2.12 bits per heavy atom. The van der Waals surface area contributed by atoms with Gasteiger partial charge in [0, 0.05) is 24.5 Å². The van der Waals surface area contributed by atoms with E-state index in [1.807, 2.05) is 11.5 Å². The van der Waals surface area contributed by atoms with Crippen molar-refractivity contribution in [3.05, 3.63) is 23.0 Å². The summed E-state index contributed by atoms with van der Waals surface area (Å²) in [6, 6.07) is 1.03. The van der Waals surface area contributed by atoms with E-state index in [0.29, 0.717) is 18.8 Å². The van der Waals surface area contributed by atoms with E-state index >= 15 is 0 Å². The highest BCUT2D eigenvalue weighted by molar-refractivity contribution is 5.89. The molecule has 1 aromatic rings. The van der Waals surface area contributed by atoms with E-state index in [0.717, 1.165) is 5.69 Å². The number of urea groups is 1. The molecule has 0 fully saturated rings. The predicted octanol–water partition coefficient (Wildman–Crippen LogP) is 0.471. The maximum Gasteiger partial charge on any atom is 0.337 e. The molecule has 0 radical (unpaired) electrons. The van der Waals surface area contributed by atoms with E-state index in [1.54, 1.807) is 13.0 Å². The van der Waals surface area contributed by atoms with Crippen LogP contribution in [0.2, 0.25) is 0 Å². The Balaban J connectivity index is 2.80. The van der Waals surface area contributed by atoms with Gasteiger partial charge in [0.25, 0.3) is 0 Å². The van der Waals surface area contributed by atoms with E-state index in [4.69, 9.17) is 10.8 Å². The number of rotatable bonds is 4. The summed E-state index contributed by atoms with van der Waals surface area (Å²) in [6.45, 7) is 4.45. The van der Waals surface area contributed by atoms with Gasteiger partial charge in [-0.25, -0.2) is 9.59 Å². The highest BCUT2D eigenvalue weighted by Crippen LogP contribution is 2.14. The summed E-state index contributed by atoms with van der Waals surface area (Å²) in [6.07, 6.45) is 0. The smallest absolute Gasteiger partial charge is 0.337 e. The van der Waals surface area contributed by atoms with Crippen molar-refractivity contribution < 1.29 is 14.7 Å². The molecule has 16 heavy (non-hydrogen) atoms.